The first-order valence-electron chi connectivity index (χ1n) is 9.65. The quantitative estimate of drug-likeness (QED) is 0.689. The van der Waals surface area contributed by atoms with E-state index in [0.717, 1.165) is 32.4 Å². The normalized spacial score (nSPS) is 18.1. The molecule has 2 aliphatic heterocycles. The van der Waals surface area contributed by atoms with Gasteiger partial charge in [-0.2, -0.15) is 0 Å². The molecule has 0 unspecified atom stereocenters. The van der Waals surface area contributed by atoms with Crippen molar-refractivity contribution in [2.75, 3.05) is 33.4 Å². The maximum absolute atomic E-state index is 13.2. The molecule has 0 spiro atoms. The lowest BCUT2D eigenvalue weighted by atomic mass is 10.0. The third kappa shape index (κ3) is 4.00. The minimum absolute atomic E-state index is 0.0565. The number of para-hydroxylation sites is 1. The van der Waals surface area contributed by atoms with E-state index in [4.69, 9.17) is 9.47 Å². The van der Waals surface area contributed by atoms with Crippen LogP contribution in [-0.4, -0.2) is 61.1 Å². The fourth-order valence-electron chi connectivity index (χ4n) is 3.65. The second-order valence-corrected chi connectivity index (χ2v) is 7.15. The van der Waals surface area contributed by atoms with Gasteiger partial charge in [-0.3, -0.25) is 14.5 Å². The van der Waals surface area contributed by atoms with Crippen LogP contribution in [0.1, 0.15) is 38.7 Å². The lowest BCUT2D eigenvalue weighted by Gasteiger charge is -2.29. The predicted molar refractivity (Wildman–Crippen MR) is 103 cm³/mol. The van der Waals surface area contributed by atoms with Crippen molar-refractivity contribution >= 4 is 17.4 Å². The number of amides is 2. The van der Waals surface area contributed by atoms with E-state index in [1.807, 2.05) is 38.1 Å². The van der Waals surface area contributed by atoms with E-state index in [9.17, 15) is 9.59 Å². The average Bonchev–Trinajstić information content (AvgIpc) is 2.92. The highest BCUT2D eigenvalue weighted by atomic mass is 16.5. The fourth-order valence-corrected chi connectivity index (χ4v) is 3.65. The molecule has 0 aliphatic carbocycles. The molecule has 6 heteroatoms. The van der Waals surface area contributed by atoms with Crippen LogP contribution in [0.3, 0.4) is 0 Å². The van der Waals surface area contributed by atoms with Crippen molar-refractivity contribution in [1.29, 1.82) is 0 Å². The Bertz CT molecular complexity index is 735. The number of benzene rings is 1. The number of hydrogen-bond donors (Lipinski definition) is 0. The van der Waals surface area contributed by atoms with Crippen LogP contribution in [0.4, 0.5) is 0 Å². The Labute approximate surface area is 160 Å². The Morgan fingerprint density at radius 1 is 1.04 bits per heavy atom. The van der Waals surface area contributed by atoms with Crippen LogP contribution in [0.5, 0.6) is 5.75 Å². The lowest BCUT2D eigenvalue weighted by Crippen LogP contribution is -2.39. The van der Waals surface area contributed by atoms with Crippen LogP contribution >= 0.6 is 0 Å². The van der Waals surface area contributed by atoms with E-state index in [-0.39, 0.29) is 24.5 Å². The summed E-state index contributed by atoms with van der Waals surface area (Å²) < 4.78 is 11.0. The summed E-state index contributed by atoms with van der Waals surface area (Å²) >= 11 is 0. The number of rotatable bonds is 7. The van der Waals surface area contributed by atoms with E-state index in [0.29, 0.717) is 29.2 Å². The van der Waals surface area contributed by atoms with Crippen molar-refractivity contribution in [2.24, 2.45) is 0 Å². The Hall–Kier alpha value is -2.34. The van der Waals surface area contributed by atoms with Gasteiger partial charge in [0.1, 0.15) is 11.4 Å². The van der Waals surface area contributed by atoms with Gasteiger partial charge in [0.2, 0.25) is 0 Å². The molecular weight excluding hydrogens is 344 g/mol. The number of imide groups is 1. The summed E-state index contributed by atoms with van der Waals surface area (Å²) in [6.07, 6.45) is 3.27. The predicted octanol–water partition coefficient (Wildman–Crippen LogP) is 2.69. The van der Waals surface area contributed by atoms with Crippen LogP contribution in [0.2, 0.25) is 0 Å². The average molecular weight is 372 g/mol. The van der Waals surface area contributed by atoms with Crippen LogP contribution in [0.25, 0.3) is 5.57 Å². The Morgan fingerprint density at radius 3 is 2.41 bits per heavy atom. The molecule has 1 fully saturated rings. The number of likely N-dealkylation sites (tertiary alicyclic amines) is 1. The fraction of sp³-hybridized carbons (Fsp3) is 0.524. The highest BCUT2D eigenvalue weighted by Gasteiger charge is 2.42. The monoisotopic (exact) mass is 372 g/mol. The summed E-state index contributed by atoms with van der Waals surface area (Å²) in [4.78, 5) is 29.8. The molecule has 2 aliphatic rings. The second kappa shape index (κ2) is 8.57. The van der Waals surface area contributed by atoms with Crippen molar-refractivity contribution in [3.8, 4) is 5.75 Å². The molecule has 1 saturated heterocycles. The summed E-state index contributed by atoms with van der Waals surface area (Å²) in [5.74, 6) is 0.107. The van der Waals surface area contributed by atoms with Crippen molar-refractivity contribution in [3.05, 3.63) is 35.5 Å². The summed E-state index contributed by atoms with van der Waals surface area (Å²) in [6.45, 7) is 6.05. The first-order valence-corrected chi connectivity index (χ1v) is 9.65. The highest BCUT2D eigenvalue weighted by molar-refractivity contribution is 6.36. The lowest BCUT2D eigenvalue weighted by molar-refractivity contribution is -0.138. The molecule has 0 aromatic heterocycles. The third-order valence-electron chi connectivity index (χ3n) is 4.96. The smallest absolute Gasteiger partial charge is 0.277 e. The van der Waals surface area contributed by atoms with Gasteiger partial charge in [-0.05, 0) is 39.2 Å². The molecule has 0 N–H and O–H groups in total. The summed E-state index contributed by atoms with van der Waals surface area (Å²) in [5, 5.41) is 0. The minimum atomic E-state index is -0.266. The summed E-state index contributed by atoms with van der Waals surface area (Å²) in [5.41, 5.74) is 1.63. The molecule has 2 heterocycles. The third-order valence-corrected chi connectivity index (χ3v) is 4.96. The zero-order valence-electron chi connectivity index (χ0n) is 16.4. The van der Waals surface area contributed by atoms with Crippen molar-refractivity contribution in [2.45, 2.75) is 39.2 Å². The molecule has 3 rings (SSSR count). The zero-order chi connectivity index (χ0) is 19.4. The standard InChI is InChI=1S/C21H28N2O4/c1-15(2)27-14-13-23-20(24)18(16-9-5-6-10-17(16)26-3)19(21(23)25)22-11-7-4-8-12-22/h5-6,9-10,15H,4,7-8,11-14H2,1-3H3. The molecule has 0 radical (unpaired) electrons. The highest BCUT2D eigenvalue weighted by Crippen LogP contribution is 2.36. The van der Waals surface area contributed by atoms with Gasteiger partial charge in [0.25, 0.3) is 11.8 Å². The van der Waals surface area contributed by atoms with Gasteiger partial charge in [0.05, 0.1) is 31.9 Å². The molecular formula is C21H28N2O4. The topological polar surface area (TPSA) is 59.1 Å². The zero-order valence-corrected chi connectivity index (χ0v) is 16.4. The number of piperidine rings is 1. The van der Waals surface area contributed by atoms with Crippen LogP contribution in [0.15, 0.2) is 30.0 Å². The molecule has 1 aromatic rings. The van der Waals surface area contributed by atoms with E-state index in [1.54, 1.807) is 7.11 Å². The van der Waals surface area contributed by atoms with Gasteiger partial charge in [-0.1, -0.05) is 18.2 Å². The van der Waals surface area contributed by atoms with Gasteiger partial charge < -0.3 is 14.4 Å². The van der Waals surface area contributed by atoms with Gasteiger partial charge in [-0.15, -0.1) is 0 Å². The molecule has 146 valence electrons. The first-order chi connectivity index (χ1) is 13.0. The SMILES string of the molecule is COc1ccccc1C1=C(N2CCCCC2)C(=O)N(CCOC(C)C)C1=O. The molecule has 2 amide bonds. The largest absolute Gasteiger partial charge is 0.496 e. The Morgan fingerprint density at radius 2 is 1.74 bits per heavy atom. The number of methoxy groups -OCH3 is 1. The van der Waals surface area contributed by atoms with Crippen LogP contribution in [-0.2, 0) is 14.3 Å². The molecule has 6 nitrogen and oxygen atoms in total. The number of carbonyl (C=O) groups is 2. The van der Waals surface area contributed by atoms with Crippen LogP contribution < -0.4 is 4.74 Å². The molecule has 27 heavy (non-hydrogen) atoms. The number of carbonyl (C=O) groups excluding carboxylic acids is 2. The molecule has 0 saturated carbocycles. The maximum Gasteiger partial charge on any atom is 0.277 e. The molecule has 0 atom stereocenters. The summed E-state index contributed by atoms with van der Waals surface area (Å²) in [7, 11) is 1.58. The number of hydrogen-bond acceptors (Lipinski definition) is 5. The van der Waals surface area contributed by atoms with Gasteiger partial charge in [-0.25, -0.2) is 0 Å². The van der Waals surface area contributed by atoms with Gasteiger partial charge >= 0.3 is 0 Å². The van der Waals surface area contributed by atoms with E-state index in [1.165, 1.54) is 4.90 Å². The molecule has 0 bridgehead atoms. The van der Waals surface area contributed by atoms with Crippen LogP contribution in [0, 0.1) is 0 Å². The second-order valence-electron chi connectivity index (χ2n) is 7.15. The van der Waals surface area contributed by atoms with E-state index in [2.05, 4.69) is 4.90 Å². The number of ether oxygens (including phenoxy) is 2. The maximum atomic E-state index is 13.2. The van der Waals surface area contributed by atoms with Gasteiger partial charge in [0, 0.05) is 18.7 Å². The summed E-state index contributed by atoms with van der Waals surface area (Å²) in [6, 6.07) is 7.38. The molecule has 1 aromatic carbocycles. The van der Waals surface area contributed by atoms with Crippen molar-refractivity contribution in [1.82, 2.24) is 9.80 Å². The minimum Gasteiger partial charge on any atom is -0.496 e. The van der Waals surface area contributed by atoms with Crippen molar-refractivity contribution in [3.63, 3.8) is 0 Å². The van der Waals surface area contributed by atoms with E-state index >= 15 is 0 Å². The Balaban J connectivity index is 1.98. The Kier molecular flexibility index (Phi) is 6.16. The van der Waals surface area contributed by atoms with Crippen molar-refractivity contribution < 1.29 is 19.1 Å². The van der Waals surface area contributed by atoms with E-state index < -0.39 is 0 Å². The first kappa shape index (κ1) is 19.4. The number of nitrogens with zero attached hydrogens (tertiary/aromatic N) is 2. The van der Waals surface area contributed by atoms with Gasteiger partial charge in [0.15, 0.2) is 0 Å².